The van der Waals surface area contributed by atoms with Gasteiger partial charge in [-0.2, -0.15) is 0 Å². The SMILES string of the molecule is CCCOCCOCCN.CCCOCCOCCN.O. The van der Waals surface area contributed by atoms with Crippen molar-refractivity contribution in [1.29, 1.82) is 0 Å². The van der Waals surface area contributed by atoms with Gasteiger partial charge in [-0.15, -0.1) is 0 Å². The van der Waals surface area contributed by atoms with Crippen molar-refractivity contribution in [2.75, 3.05) is 65.9 Å². The Bertz CT molecular complexity index is 121. The molecule has 0 saturated carbocycles. The van der Waals surface area contributed by atoms with E-state index in [-0.39, 0.29) is 5.48 Å². The van der Waals surface area contributed by atoms with Crippen LogP contribution in [0, 0.1) is 0 Å². The van der Waals surface area contributed by atoms with E-state index in [4.69, 9.17) is 30.4 Å². The fourth-order valence-electron chi connectivity index (χ4n) is 1.10. The summed E-state index contributed by atoms with van der Waals surface area (Å²) in [5.41, 5.74) is 10.4. The summed E-state index contributed by atoms with van der Waals surface area (Å²) in [5.74, 6) is 0. The molecule has 7 nitrogen and oxygen atoms in total. The molecular weight excluding hydrogens is 276 g/mol. The molecule has 0 aliphatic heterocycles. The zero-order valence-electron chi connectivity index (χ0n) is 13.8. The third kappa shape index (κ3) is 32.9. The smallest absolute Gasteiger partial charge is 0.0701 e. The first-order valence-corrected chi connectivity index (χ1v) is 7.54. The van der Waals surface area contributed by atoms with Gasteiger partial charge in [-0.25, -0.2) is 0 Å². The molecule has 0 spiro atoms. The van der Waals surface area contributed by atoms with Crippen LogP contribution in [0.15, 0.2) is 0 Å². The maximum atomic E-state index is 5.20. The zero-order valence-corrected chi connectivity index (χ0v) is 13.8. The van der Waals surface area contributed by atoms with Gasteiger partial charge in [0.1, 0.15) is 0 Å². The van der Waals surface area contributed by atoms with E-state index in [2.05, 4.69) is 13.8 Å². The van der Waals surface area contributed by atoms with Crippen LogP contribution in [0.3, 0.4) is 0 Å². The Hall–Kier alpha value is -0.280. The minimum absolute atomic E-state index is 0. The number of ether oxygens (including phenoxy) is 4. The van der Waals surface area contributed by atoms with Gasteiger partial charge in [0.05, 0.1) is 39.6 Å². The molecule has 7 heteroatoms. The van der Waals surface area contributed by atoms with E-state index in [0.717, 1.165) is 26.1 Å². The van der Waals surface area contributed by atoms with Crippen molar-refractivity contribution in [2.45, 2.75) is 26.7 Å². The Morgan fingerprint density at radius 1 is 0.524 bits per heavy atom. The van der Waals surface area contributed by atoms with Crippen LogP contribution in [-0.4, -0.2) is 71.4 Å². The fraction of sp³-hybridized carbons (Fsp3) is 1.00. The maximum absolute atomic E-state index is 5.20. The summed E-state index contributed by atoms with van der Waals surface area (Å²) in [6.07, 6.45) is 2.13. The molecule has 0 unspecified atom stereocenters. The van der Waals surface area contributed by atoms with Crippen molar-refractivity contribution in [2.24, 2.45) is 11.5 Å². The minimum Gasteiger partial charge on any atom is -0.412 e. The van der Waals surface area contributed by atoms with Gasteiger partial charge < -0.3 is 35.9 Å². The summed E-state index contributed by atoms with van der Waals surface area (Å²) in [4.78, 5) is 0. The highest BCUT2D eigenvalue weighted by atomic mass is 16.5. The van der Waals surface area contributed by atoms with Gasteiger partial charge in [0.2, 0.25) is 0 Å². The highest BCUT2D eigenvalue weighted by Crippen LogP contribution is 1.81. The molecule has 0 aromatic carbocycles. The van der Waals surface area contributed by atoms with Crippen LogP contribution in [0.4, 0.5) is 0 Å². The molecule has 0 aliphatic rings. The molecular formula is C14H36N2O5. The molecule has 0 rings (SSSR count). The van der Waals surface area contributed by atoms with Gasteiger partial charge in [0.15, 0.2) is 0 Å². The average Bonchev–Trinajstić information content (AvgIpc) is 2.47. The monoisotopic (exact) mass is 312 g/mol. The fourth-order valence-corrected chi connectivity index (χ4v) is 1.10. The Balaban J connectivity index is -0.000000295. The number of hydrogen-bond acceptors (Lipinski definition) is 6. The van der Waals surface area contributed by atoms with Crippen molar-refractivity contribution in [1.82, 2.24) is 0 Å². The van der Waals surface area contributed by atoms with Crippen LogP contribution in [0.5, 0.6) is 0 Å². The van der Waals surface area contributed by atoms with E-state index in [1.165, 1.54) is 0 Å². The van der Waals surface area contributed by atoms with Gasteiger partial charge in [-0.05, 0) is 12.8 Å². The molecule has 0 aromatic heterocycles. The Morgan fingerprint density at radius 2 is 0.810 bits per heavy atom. The second kappa shape index (κ2) is 28.0. The first kappa shape index (κ1) is 25.7. The lowest BCUT2D eigenvalue weighted by Crippen LogP contribution is -2.12. The minimum atomic E-state index is 0. The van der Waals surface area contributed by atoms with E-state index >= 15 is 0 Å². The van der Waals surface area contributed by atoms with Crippen LogP contribution in [-0.2, 0) is 18.9 Å². The second-order valence-electron chi connectivity index (χ2n) is 4.03. The lowest BCUT2D eigenvalue weighted by atomic mass is 10.5. The van der Waals surface area contributed by atoms with Crippen LogP contribution in [0.1, 0.15) is 26.7 Å². The number of rotatable bonds is 14. The summed E-state index contributed by atoms with van der Waals surface area (Å²) in [7, 11) is 0. The first-order chi connectivity index (χ1) is 9.83. The number of hydrogen-bond donors (Lipinski definition) is 2. The molecule has 0 aromatic rings. The summed E-state index contributed by atoms with van der Waals surface area (Å²) in [6.45, 7) is 11.0. The Morgan fingerprint density at radius 3 is 1.05 bits per heavy atom. The summed E-state index contributed by atoms with van der Waals surface area (Å²) >= 11 is 0. The van der Waals surface area contributed by atoms with Gasteiger partial charge in [-0.1, -0.05) is 13.8 Å². The standard InChI is InChI=1S/2C7H17NO2.H2O/c2*1-2-4-9-6-7-10-5-3-8;/h2*2-8H2,1H3;1H2. The molecule has 0 fully saturated rings. The molecule has 0 atom stereocenters. The van der Waals surface area contributed by atoms with Gasteiger partial charge in [0.25, 0.3) is 0 Å². The van der Waals surface area contributed by atoms with Crippen molar-refractivity contribution < 1.29 is 24.4 Å². The molecule has 6 N–H and O–H groups in total. The lowest BCUT2D eigenvalue weighted by Gasteiger charge is -2.02. The van der Waals surface area contributed by atoms with E-state index < -0.39 is 0 Å². The largest absolute Gasteiger partial charge is 0.412 e. The van der Waals surface area contributed by atoms with Crippen LogP contribution in [0.2, 0.25) is 0 Å². The summed E-state index contributed by atoms with van der Waals surface area (Å²) < 4.78 is 20.5. The molecule has 132 valence electrons. The third-order valence-corrected chi connectivity index (χ3v) is 1.97. The predicted molar refractivity (Wildman–Crippen MR) is 85.6 cm³/mol. The number of nitrogens with two attached hydrogens (primary N) is 2. The van der Waals surface area contributed by atoms with E-state index in [1.807, 2.05) is 0 Å². The topological polar surface area (TPSA) is 120 Å². The van der Waals surface area contributed by atoms with E-state index in [0.29, 0.717) is 52.7 Å². The van der Waals surface area contributed by atoms with Crippen molar-refractivity contribution >= 4 is 0 Å². The zero-order chi connectivity index (χ0) is 15.3. The summed E-state index contributed by atoms with van der Waals surface area (Å²) in [5, 5.41) is 0. The van der Waals surface area contributed by atoms with E-state index in [9.17, 15) is 0 Å². The van der Waals surface area contributed by atoms with Gasteiger partial charge >= 0.3 is 0 Å². The van der Waals surface area contributed by atoms with Crippen molar-refractivity contribution in [3.05, 3.63) is 0 Å². The van der Waals surface area contributed by atoms with Crippen LogP contribution < -0.4 is 11.5 Å². The molecule has 0 aliphatic carbocycles. The van der Waals surface area contributed by atoms with Gasteiger partial charge in [-0.3, -0.25) is 0 Å². The molecule has 0 saturated heterocycles. The Labute approximate surface area is 129 Å². The lowest BCUT2D eigenvalue weighted by molar-refractivity contribution is 0.0510. The average molecular weight is 312 g/mol. The van der Waals surface area contributed by atoms with E-state index in [1.54, 1.807) is 0 Å². The predicted octanol–water partition coefficient (Wildman–Crippen LogP) is -0.0481. The van der Waals surface area contributed by atoms with Crippen molar-refractivity contribution in [3.63, 3.8) is 0 Å². The molecule has 0 heterocycles. The molecule has 0 bridgehead atoms. The molecule has 0 amide bonds. The maximum Gasteiger partial charge on any atom is 0.0701 e. The Kier molecular flexibility index (Phi) is 34.2. The van der Waals surface area contributed by atoms with Gasteiger partial charge in [0, 0.05) is 26.3 Å². The molecule has 21 heavy (non-hydrogen) atoms. The third-order valence-electron chi connectivity index (χ3n) is 1.97. The highest BCUT2D eigenvalue weighted by molar-refractivity contribution is 4.33. The normalized spacial score (nSPS) is 9.71. The first-order valence-electron chi connectivity index (χ1n) is 7.54. The van der Waals surface area contributed by atoms with Crippen LogP contribution in [0.25, 0.3) is 0 Å². The quantitative estimate of drug-likeness (QED) is 0.434. The summed E-state index contributed by atoms with van der Waals surface area (Å²) in [6, 6.07) is 0. The molecule has 0 radical (unpaired) electrons. The highest BCUT2D eigenvalue weighted by Gasteiger charge is 1.86. The van der Waals surface area contributed by atoms with Crippen molar-refractivity contribution in [3.8, 4) is 0 Å². The van der Waals surface area contributed by atoms with Crippen LogP contribution >= 0.6 is 0 Å². The second-order valence-corrected chi connectivity index (χ2v) is 4.03.